The van der Waals surface area contributed by atoms with Gasteiger partial charge in [-0.1, -0.05) is 42.8 Å². The summed E-state index contributed by atoms with van der Waals surface area (Å²) >= 11 is 0. The van der Waals surface area contributed by atoms with Gasteiger partial charge < -0.3 is 20.1 Å². The van der Waals surface area contributed by atoms with Crippen LogP contribution in [0.2, 0.25) is 0 Å². The average molecular weight is 471 g/mol. The number of carbonyl (C=O) groups is 1. The highest BCUT2D eigenvalue weighted by Crippen LogP contribution is 2.35. The molecule has 182 valence electrons. The molecule has 0 aliphatic carbocycles. The molecule has 0 saturated carbocycles. The maximum Gasteiger partial charge on any atom is 0.254 e. The van der Waals surface area contributed by atoms with Crippen molar-refractivity contribution in [2.24, 2.45) is 0 Å². The molecule has 1 saturated heterocycles. The van der Waals surface area contributed by atoms with Crippen LogP contribution in [-0.2, 0) is 12.8 Å². The number of nitrogens with one attached hydrogen (secondary N) is 1. The minimum atomic E-state index is -0.0869. The van der Waals surface area contributed by atoms with Gasteiger partial charge in [0.15, 0.2) is 0 Å². The van der Waals surface area contributed by atoms with Crippen molar-refractivity contribution >= 4 is 5.91 Å². The van der Waals surface area contributed by atoms with Gasteiger partial charge in [0.25, 0.3) is 5.91 Å². The summed E-state index contributed by atoms with van der Waals surface area (Å²) in [5.41, 5.74) is 4.08. The molecule has 0 aromatic heterocycles. The summed E-state index contributed by atoms with van der Waals surface area (Å²) in [5, 5.41) is 13.6. The van der Waals surface area contributed by atoms with Gasteiger partial charge in [-0.2, -0.15) is 0 Å². The van der Waals surface area contributed by atoms with Crippen molar-refractivity contribution in [3.8, 4) is 11.5 Å². The molecular formula is C30H34N2O3. The fourth-order valence-electron chi connectivity index (χ4n) is 5.34. The number of carbonyl (C=O) groups excluding carboxylic acids is 1. The molecule has 35 heavy (non-hydrogen) atoms. The molecule has 2 aliphatic rings. The molecule has 0 radical (unpaired) electrons. The lowest BCUT2D eigenvalue weighted by molar-refractivity contribution is 0.0660. The number of ether oxygens (including phenoxy) is 1. The molecule has 5 rings (SSSR count). The zero-order valence-electron chi connectivity index (χ0n) is 20.2. The van der Waals surface area contributed by atoms with Crippen LogP contribution < -0.4 is 10.1 Å². The van der Waals surface area contributed by atoms with Crippen LogP contribution in [0.15, 0.2) is 72.8 Å². The second-order valence-electron chi connectivity index (χ2n) is 9.65. The van der Waals surface area contributed by atoms with Crippen LogP contribution in [0.4, 0.5) is 0 Å². The Labute approximate surface area is 207 Å². The van der Waals surface area contributed by atoms with E-state index in [1.54, 1.807) is 6.07 Å². The number of phenols is 1. The van der Waals surface area contributed by atoms with E-state index < -0.39 is 0 Å². The minimum Gasteiger partial charge on any atom is -0.508 e. The van der Waals surface area contributed by atoms with Crippen LogP contribution in [-0.4, -0.2) is 41.7 Å². The monoisotopic (exact) mass is 470 g/mol. The number of phenolic OH excluding ortho intramolecular Hbond substituents is 1. The number of hydrogen-bond donors (Lipinski definition) is 2. The fraction of sp³-hybridized carbons (Fsp3) is 0.367. The number of rotatable bonds is 7. The number of benzene rings is 3. The Morgan fingerprint density at radius 2 is 1.86 bits per heavy atom. The highest BCUT2D eigenvalue weighted by atomic mass is 16.5. The maximum atomic E-state index is 13.4. The Morgan fingerprint density at radius 1 is 1.03 bits per heavy atom. The topological polar surface area (TPSA) is 61.8 Å². The molecule has 2 heterocycles. The lowest BCUT2D eigenvalue weighted by Crippen LogP contribution is -2.41. The first kappa shape index (κ1) is 23.4. The van der Waals surface area contributed by atoms with Gasteiger partial charge in [0.05, 0.1) is 12.6 Å². The number of piperidine rings is 1. The van der Waals surface area contributed by atoms with Gasteiger partial charge in [0.2, 0.25) is 0 Å². The Morgan fingerprint density at radius 3 is 2.63 bits per heavy atom. The zero-order valence-corrected chi connectivity index (χ0v) is 20.2. The number of amides is 1. The molecule has 2 atom stereocenters. The molecule has 5 nitrogen and oxygen atoms in total. The third-order valence-corrected chi connectivity index (χ3v) is 7.27. The summed E-state index contributed by atoms with van der Waals surface area (Å²) in [6.45, 7) is 2.47. The lowest BCUT2D eigenvalue weighted by atomic mass is 9.88. The summed E-state index contributed by atoms with van der Waals surface area (Å²) in [5.74, 6) is 1.21. The van der Waals surface area contributed by atoms with E-state index in [2.05, 4.69) is 17.4 Å². The van der Waals surface area contributed by atoms with E-state index >= 15 is 0 Å². The number of fused-ring (bicyclic) bond motifs is 1. The summed E-state index contributed by atoms with van der Waals surface area (Å²) in [6.07, 6.45) is 6.30. The second kappa shape index (κ2) is 11.0. The number of nitrogens with zero attached hydrogens (tertiary/aromatic N) is 1. The van der Waals surface area contributed by atoms with Crippen molar-refractivity contribution in [1.82, 2.24) is 10.2 Å². The van der Waals surface area contributed by atoms with E-state index in [0.29, 0.717) is 24.6 Å². The van der Waals surface area contributed by atoms with E-state index in [4.69, 9.17) is 4.74 Å². The van der Waals surface area contributed by atoms with Gasteiger partial charge in [-0.25, -0.2) is 0 Å². The van der Waals surface area contributed by atoms with Crippen molar-refractivity contribution in [2.75, 3.05) is 19.7 Å². The Bertz CT molecular complexity index is 1120. The maximum absolute atomic E-state index is 13.4. The molecule has 2 aliphatic heterocycles. The van der Waals surface area contributed by atoms with Gasteiger partial charge >= 0.3 is 0 Å². The van der Waals surface area contributed by atoms with Crippen LogP contribution in [0, 0.1) is 0 Å². The van der Waals surface area contributed by atoms with Crippen molar-refractivity contribution in [3.05, 3.63) is 95.1 Å². The molecule has 2 N–H and O–H groups in total. The Balaban J connectivity index is 1.29. The van der Waals surface area contributed by atoms with Crippen LogP contribution in [0.3, 0.4) is 0 Å². The number of aromatic hydroxyl groups is 1. The average Bonchev–Trinajstić information content (AvgIpc) is 2.90. The Kier molecular flexibility index (Phi) is 7.34. The van der Waals surface area contributed by atoms with Gasteiger partial charge in [-0.3, -0.25) is 4.79 Å². The highest BCUT2D eigenvalue weighted by molar-refractivity contribution is 5.94. The summed E-state index contributed by atoms with van der Waals surface area (Å²) in [4.78, 5) is 15.4. The van der Waals surface area contributed by atoms with Crippen LogP contribution in [0.25, 0.3) is 0 Å². The predicted octanol–water partition coefficient (Wildman–Crippen LogP) is 5.29. The molecule has 3 aromatic carbocycles. The quantitative estimate of drug-likeness (QED) is 0.493. The molecule has 3 aromatic rings. The highest BCUT2D eigenvalue weighted by Gasteiger charge is 2.31. The molecule has 0 bridgehead atoms. The van der Waals surface area contributed by atoms with Crippen molar-refractivity contribution < 1.29 is 14.6 Å². The van der Waals surface area contributed by atoms with E-state index in [1.807, 2.05) is 59.5 Å². The molecule has 1 fully saturated rings. The largest absolute Gasteiger partial charge is 0.508 e. The normalized spacial score (nSPS) is 19.7. The van der Waals surface area contributed by atoms with E-state index in [1.165, 1.54) is 19.3 Å². The van der Waals surface area contributed by atoms with Gasteiger partial charge in [0.1, 0.15) is 11.5 Å². The molecule has 2 unspecified atom stereocenters. The van der Waals surface area contributed by atoms with Crippen molar-refractivity contribution in [1.29, 1.82) is 0 Å². The van der Waals surface area contributed by atoms with Crippen molar-refractivity contribution in [3.63, 3.8) is 0 Å². The molecule has 1 amide bonds. The van der Waals surface area contributed by atoms with Crippen LogP contribution in [0.1, 0.15) is 58.8 Å². The zero-order chi connectivity index (χ0) is 24.0. The lowest BCUT2D eigenvalue weighted by Gasteiger charge is -2.38. The smallest absolute Gasteiger partial charge is 0.254 e. The van der Waals surface area contributed by atoms with Gasteiger partial charge in [-0.15, -0.1) is 0 Å². The molecular weight excluding hydrogens is 436 g/mol. The fourth-order valence-corrected chi connectivity index (χ4v) is 5.34. The van der Waals surface area contributed by atoms with Crippen molar-refractivity contribution in [2.45, 2.75) is 50.6 Å². The standard InChI is InChI=1S/C30H34N2O3/c33-26-11-14-28-24(21-26)15-18-32(30(34)23-6-2-1-3-7-23)29(28)20-22-9-12-27(13-10-22)35-19-16-25-8-4-5-17-31-25/h1-3,6-7,9-14,21,25,29,31,33H,4-5,8,15-20H2. The van der Waals surface area contributed by atoms with E-state index in [-0.39, 0.29) is 17.7 Å². The summed E-state index contributed by atoms with van der Waals surface area (Å²) in [6, 6.07) is 23.8. The molecule has 5 heteroatoms. The third kappa shape index (κ3) is 5.68. The number of hydrogen-bond acceptors (Lipinski definition) is 4. The molecule has 0 spiro atoms. The second-order valence-corrected chi connectivity index (χ2v) is 9.65. The summed E-state index contributed by atoms with van der Waals surface area (Å²) < 4.78 is 6.01. The van der Waals surface area contributed by atoms with Gasteiger partial charge in [0, 0.05) is 18.2 Å². The van der Waals surface area contributed by atoms with Gasteiger partial charge in [-0.05, 0) is 91.7 Å². The predicted molar refractivity (Wildman–Crippen MR) is 138 cm³/mol. The van der Waals surface area contributed by atoms with Crippen LogP contribution in [0.5, 0.6) is 11.5 Å². The SMILES string of the molecule is O=C(c1ccccc1)N1CCc2cc(O)ccc2C1Cc1ccc(OCCC2CCCCN2)cc1. The first-order valence-electron chi connectivity index (χ1n) is 12.8. The third-order valence-electron chi connectivity index (χ3n) is 7.27. The summed E-state index contributed by atoms with van der Waals surface area (Å²) in [7, 11) is 0. The van der Waals surface area contributed by atoms with E-state index in [0.717, 1.165) is 48.4 Å². The Hall–Kier alpha value is -3.31. The minimum absolute atomic E-state index is 0.0469. The van der Waals surface area contributed by atoms with Crippen LogP contribution >= 0.6 is 0 Å². The van der Waals surface area contributed by atoms with E-state index in [9.17, 15) is 9.90 Å². The first-order chi connectivity index (χ1) is 17.2. The first-order valence-corrected chi connectivity index (χ1v) is 12.8.